The van der Waals surface area contributed by atoms with E-state index in [1.807, 2.05) is 6.07 Å². The van der Waals surface area contributed by atoms with E-state index < -0.39 is 15.9 Å². The van der Waals surface area contributed by atoms with Gasteiger partial charge in [-0.25, -0.2) is 8.42 Å². The quantitative estimate of drug-likeness (QED) is 0.798. The number of ether oxygens (including phenoxy) is 1. The molecule has 0 aromatic heterocycles. The highest BCUT2D eigenvalue weighted by molar-refractivity contribution is 7.92. The fourth-order valence-electron chi connectivity index (χ4n) is 2.24. The van der Waals surface area contributed by atoms with Gasteiger partial charge in [-0.1, -0.05) is 23.7 Å². The number of rotatable bonds is 7. The summed E-state index contributed by atoms with van der Waals surface area (Å²) in [5.41, 5.74) is 1.84. The average Bonchev–Trinajstić information content (AvgIpc) is 2.53. The monoisotopic (exact) mass is 382 g/mol. The molecule has 2 aromatic carbocycles. The van der Waals surface area contributed by atoms with Crippen molar-refractivity contribution in [2.75, 3.05) is 29.5 Å². The Labute approximate surface area is 152 Å². The van der Waals surface area contributed by atoms with Gasteiger partial charge in [-0.3, -0.25) is 9.10 Å². The molecule has 0 spiro atoms. The number of methoxy groups -OCH3 is 1. The topological polar surface area (TPSA) is 75.7 Å². The molecular weight excluding hydrogens is 364 g/mol. The molecule has 0 aliphatic heterocycles. The molecule has 134 valence electrons. The molecular formula is C17H19ClN2O4S. The van der Waals surface area contributed by atoms with E-state index in [1.165, 1.54) is 0 Å². The van der Waals surface area contributed by atoms with Crippen LogP contribution in [0.5, 0.6) is 0 Å². The van der Waals surface area contributed by atoms with Gasteiger partial charge in [-0.15, -0.1) is 0 Å². The molecule has 6 nitrogen and oxygen atoms in total. The first-order valence-electron chi connectivity index (χ1n) is 7.40. The van der Waals surface area contributed by atoms with E-state index in [1.54, 1.807) is 49.6 Å². The zero-order chi connectivity index (χ0) is 18.4. The molecule has 0 radical (unpaired) electrons. The second-order valence-corrected chi connectivity index (χ2v) is 7.77. The highest BCUT2D eigenvalue weighted by atomic mass is 35.5. The fraction of sp³-hybridized carbons (Fsp3) is 0.235. The molecule has 0 unspecified atom stereocenters. The average molecular weight is 383 g/mol. The number of hydrogen-bond acceptors (Lipinski definition) is 4. The van der Waals surface area contributed by atoms with Crippen LogP contribution in [0.15, 0.2) is 48.5 Å². The van der Waals surface area contributed by atoms with Crippen LogP contribution in [0.3, 0.4) is 0 Å². The van der Waals surface area contributed by atoms with Crippen LogP contribution in [0, 0.1) is 0 Å². The van der Waals surface area contributed by atoms with Gasteiger partial charge in [0.15, 0.2) is 0 Å². The Bertz CT molecular complexity index is 838. The van der Waals surface area contributed by atoms with E-state index in [0.717, 1.165) is 16.1 Å². The third-order valence-corrected chi connectivity index (χ3v) is 4.72. The van der Waals surface area contributed by atoms with E-state index in [2.05, 4.69) is 5.32 Å². The van der Waals surface area contributed by atoms with E-state index in [0.29, 0.717) is 23.0 Å². The summed E-state index contributed by atoms with van der Waals surface area (Å²) in [6.45, 7) is 0.0823. The van der Waals surface area contributed by atoms with Crippen LogP contribution >= 0.6 is 11.6 Å². The van der Waals surface area contributed by atoms with Crippen molar-refractivity contribution in [2.45, 2.75) is 6.61 Å². The minimum absolute atomic E-state index is 0.338. The Morgan fingerprint density at radius 2 is 1.88 bits per heavy atom. The van der Waals surface area contributed by atoms with E-state index in [9.17, 15) is 13.2 Å². The first-order valence-corrected chi connectivity index (χ1v) is 9.63. The summed E-state index contributed by atoms with van der Waals surface area (Å²) in [6, 6.07) is 13.4. The lowest BCUT2D eigenvalue weighted by Crippen LogP contribution is -2.37. The number of benzene rings is 2. The van der Waals surface area contributed by atoms with Gasteiger partial charge in [-0.2, -0.15) is 0 Å². The van der Waals surface area contributed by atoms with Crippen LogP contribution in [0.2, 0.25) is 5.02 Å². The molecule has 0 aliphatic rings. The van der Waals surface area contributed by atoms with Crippen LogP contribution in [0.4, 0.5) is 11.4 Å². The van der Waals surface area contributed by atoms with Crippen molar-refractivity contribution in [3.8, 4) is 0 Å². The Morgan fingerprint density at radius 3 is 2.48 bits per heavy atom. The molecule has 8 heteroatoms. The third kappa shape index (κ3) is 5.74. The second-order valence-electron chi connectivity index (χ2n) is 5.43. The van der Waals surface area contributed by atoms with Crippen molar-refractivity contribution >= 4 is 38.9 Å². The van der Waals surface area contributed by atoms with Gasteiger partial charge < -0.3 is 10.1 Å². The number of carbonyl (C=O) groups is 1. The third-order valence-electron chi connectivity index (χ3n) is 3.32. The minimum atomic E-state index is -3.63. The highest BCUT2D eigenvalue weighted by Gasteiger charge is 2.20. The summed E-state index contributed by atoms with van der Waals surface area (Å²) in [6.07, 6.45) is 1.05. The van der Waals surface area contributed by atoms with Gasteiger partial charge in [0.1, 0.15) is 6.54 Å². The number of carbonyl (C=O) groups excluding carboxylic acids is 1. The maximum atomic E-state index is 12.3. The molecule has 0 atom stereocenters. The van der Waals surface area contributed by atoms with Gasteiger partial charge >= 0.3 is 0 Å². The molecule has 0 bridgehead atoms. The molecule has 2 aromatic rings. The SMILES string of the molecule is COCc1cccc(NC(=O)CN(c2ccc(Cl)cc2)S(C)(=O)=O)c1. The summed E-state index contributed by atoms with van der Waals surface area (Å²) < 4.78 is 30.2. The van der Waals surface area contributed by atoms with Crippen molar-refractivity contribution in [1.29, 1.82) is 0 Å². The first-order chi connectivity index (χ1) is 11.8. The summed E-state index contributed by atoms with van der Waals surface area (Å²) >= 11 is 5.83. The first kappa shape index (κ1) is 19.2. The molecule has 0 fully saturated rings. The van der Waals surface area contributed by atoms with Crippen LogP contribution < -0.4 is 9.62 Å². The summed E-state index contributed by atoms with van der Waals surface area (Å²) in [5, 5.41) is 3.18. The molecule has 0 aliphatic carbocycles. The van der Waals surface area contributed by atoms with Crippen molar-refractivity contribution in [3.05, 3.63) is 59.1 Å². The predicted octanol–water partition coefficient (Wildman–Crippen LogP) is 2.89. The van der Waals surface area contributed by atoms with Gasteiger partial charge in [0.05, 0.1) is 18.6 Å². The van der Waals surface area contributed by atoms with E-state index in [4.69, 9.17) is 16.3 Å². The zero-order valence-corrected chi connectivity index (χ0v) is 15.5. The van der Waals surface area contributed by atoms with Crippen LogP contribution in [-0.4, -0.2) is 34.2 Å². The Morgan fingerprint density at radius 1 is 1.20 bits per heavy atom. The lowest BCUT2D eigenvalue weighted by atomic mass is 10.2. The summed E-state index contributed by atoms with van der Waals surface area (Å²) in [7, 11) is -2.04. The number of sulfonamides is 1. The largest absolute Gasteiger partial charge is 0.380 e. The lowest BCUT2D eigenvalue weighted by molar-refractivity contribution is -0.114. The zero-order valence-electron chi connectivity index (χ0n) is 13.9. The maximum absolute atomic E-state index is 12.3. The maximum Gasteiger partial charge on any atom is 0.245 e. The number of nitrogens with one attached hydrogen (secondary N) is 1. The number of nitrogens with zero attached hydrogens (tertiary/aromatic N) is 1. The standard InChI is InChI=1S/C17H19ClN2O4S/c1-24-12-13-4-3-5-15(10-13)19-17(21)11-20(25(2,22)23)16-8-6-14(18)7-9-16/h3-10H,11-12H2,1-2H3,(H,19,21). The minimum Gasteiger partial charge on any atom is -0.380 e. The highest BCUT2D eigenvalue weighted by Crippen LogP contribution is 2.20. The van der Waals surface area contributed by atoms with Crippen molar-refractivity contribution < 1.29 is 17.9 Å². The van der Waals surface area contributed by atoms with Gasteiger partial charge in [0, 0.05) is 17.8 Å². The smallest absolute Gasteiger partial charge is 0.245 e. The summed E-state index contributed by atoms with van der Waals surface area (Å²) in [5.74, 6) is -0.449. The molecule has 2 rings (SSSR count). The molecule has 1 amide bonds. The number of amides is 1. The Kier molecular flexibility index (Phi) is 6.41. The van der Waals surface area contributed by atoms with Crippen molar-refractivity contribution in [3.63, 3.8) is 0 Å². The Hall–Kier alpha value is -2.09. The van der Waals surface area contributed by atoms with Crippen LogP contribution in [0.25, 0.3) is 0 Å². The van der Waals surface area contributed by atoms with Gasteiger partial charge in [0.2, 0.25) is 15.9 Å². The number of hydrogen-bond donors (Lipinski definition) is 1. The summed E-state index contributed by atoms with van der Waals surface area (Å²) in [4.78, 5) is 12.3. The van der Waals surface area contributed by atoms with Gasteiger partial charge in [0.25, 0.3) is 0 Å². The van der Waals surface area contributed by atoms with Gasteiger partial charge in [-0.05, 0) is 42.0 Å². The van der Waals surface area contributed by atoms with E-state index >= 15 is 0 Å². The van der Waals surface area contributed by atoms with Crippen LogP contribution in [-0.2, 0) is 26.2 Å². The van der Waals surface area contributed by atoms with Crippen molar-refractivity contribution in [2.24, 2.45) is 0 Å². The Balaban J connectivity index is 2.15. The molecule has 0 saturated heterocycles. The number of halogens is 1. The van der Waals surface area contributed by atoms with E-state index in [-0.39, 0.29) is 6.54 Å². The fourth-order valence-corrected chi connectivity index (χ4v) is 3.23. The normalized spacial score (nSPS) is 11.2. The molecule has 1 N–H and O–H groups in total. The molecule has 0 saturated carbocycles. The number of anilines is 2. The molecule has 25 heavy (non-hydrogen) atoms. The molecule has 0 heterocycles. The second kappa shape index (κ2) is 8.33. The lowest BCUT2D eigenvalue weighted by Gasteiger charge is -2.22. The van der Waals surface area contributed by atoms with Crippen molar-refractivity contribution in [1.82, 2.24) is 0 Å². The predicted molar refractivity (Wildman–Crippen MR) is 99.4 cm³/mol. The van der Waals surface area contributed by atoms with Crippen LogP contribution in [0.1, 0.15) is 5.56 Å².